The van der Waals surface area contributed by atoms with Gasteiger partial charge in [0, 0.05) is 17.3 Å². The molecule has 2 aromatic heterocycles. The fourth-order valence-corrected chi connectivity index (χ4v) is 4.33. The molecule has 3 heteroatoms. The van der Waals surface area contributed by atoms with Crippen LogP contribution in [0.2, 0.25) is 0 Å². The topological polar surface area (TPSA) is 25.8 Å². The van der Waals surface area contributed by atoms with E-state index in [1.54, 1.807) is 11.3 Å². The summed E-state index contributed by atoms with van der Waals surface area (Å²) >= 11 is 1.68. The van der Waals surface area contributed by atoms with Gasteiger partial charge in [-0.05, 0) is 60.2 Å². The molecular weight excluding hydrogens is 312 g/mol. The van der Waals surface area contributed by atoms with Crippen LogP contribution in [0.5, 0.6) is 0 Å². The number of nitrogens with zero attached hydrogens (tertiary/aromatic N) is 2. The standard InChI is InChI=1S/C21H16N2S/c1-3-14-6-7-17(11-15(14)4-1)21-18(5-2-10-22-21)16-8-9-19-20(12-16)24-13-23-19/h2,5-13H,1,3-4H2. The molecule has 1 aliphatic rings. The zero-order chi connectivity index (χ0) is 15.9. The van der Waals surface area contributed by atoms with Gasteiger partial charge in [-0.25, -0.2) is 4.98 Å². The monoisotopic (exact) mass is 328 g/mol. The van der Waals surface area contributed by atoms with Gasteiger partial charge in [0.05, 0.1) is 21.4 Å². The number of rotatable bonds is 2. The summed E-state index contributed by atoms with van der Waals surface area (Å²) in [5.41, 5.74) is 10.6. The number of hydrogen-bond donors (Lipinski definition) is 0. The van der Waals surface area contributed by atoms with Crippen LogP contribution in [0, 0.1) is 0 Å². The van der Waals surface area contributed by atoms with Gasteiger partial charge in [-0.2, -0.15) is 0 Å². The van der Waals surface area contributed by atoms with E-state index in [4.69, 9.17) is 4.98 Å². The van der Waals surface area contributed by atoms with Crippen LogP contribution in [0.4, 0.5) is 0 Å². The molecule has 0 atom stereocenters. The highest BCUT2D eigenvalue weighted by Crippen LogP contribution is 2.34. The molecule has 2 heterocycles. The highest BCUT2D eigenvalue weighted by Gasteiger charge is 2.14. The molecule has 4 aromatic rings. The molecule has 116 valence electrons. The van der Waals surface area contributed by atoms with E-state index in [1.165, 1.54) is 51.8 Å². The van der Waals surface area contributed by atoms with Gasteiger partial charge in [0.1, 0.15) is 0 Å². The van der Waals surface area contributed by atoms with Gasteiger partial charge in [-0.3, -0.25) is 4.98 Å². The predicted molar refractivity (Wildman–Crippen MR) is 100 cm³/mol. The van der Waals surface area contributed by atoms with E-state index in [2.05, 4.69) is 47.4 Å². The summed E-state index contributed by atoms with van der Waals surface area (Å²) in [6.07, 6.45) is 5.57. The van der Waals surface area contributed by atoms with E-state index in [1.807, 2.05) is 17.8 Å². The van der Waals surface area contributed by atoms with Crippen LogP contribution in [0.3, 0.4) is 0 Å². The van der Waals surface area contributed by atoms with Crippen molar-refractivity contribution in [3.63, 3.8) is 0 Å². The lowest BCUT2D eigenvalue weighted by molar-refractivity contribution is 0.912. The summed E-state index contributed by atoms with van der Waals surface area (Å²) in [6.45, 7) is 0. The molecule has 0 unspecified atom stereocenters. The third-order valence-electron chi connectivity index (χ3n) is 4.82. The summed E-state index contributed by atoms with van der Waals surface area (Å²) in [5.74, 6) is 0. The summed E-state index contributed by atoms with van der Waals surface area (Å²) < 4.78 is 1.22. The molecule has 0 spiro atoms. The third kappa shape index (κ3) is 2.24. The van der Waals surface area contributed by atoms with Crippen molar-refractivity contribution in [1.82, 2.24) is 9.97 Å². The Balaban J connectivity index is 1.67. The molecule has 0 amide bonds. The average molecular weight is 328 g/mol. The van der Waals surface area contributed by atoms with E-state index >= 15 is 0 Å². The maximum atomic E-state index is 4.71. The zero-order valence-electron chi connectivity index (χ0n) is 13.2. The van der Waals surface area contributed by atoms with Crippen LogP contribution < -0.4 is 0 Å². The van der Waals surface area contributed by atoms with Gasteiger partial charge in [-0.15, -0.1) is 11.3 Å². The first-order valence-electron chi connectivity index (χ1n) is 8.29. The Labute approximate surface area is 144 Å². The Morgan fingerprint density at radius 1 is 0.833 bits per heavy atom. The van der Waals surface area contributed by atoms with Gasteiger partial charge in [-0.1, -0.05) is 24.3 Å². The predicted octanol–water partition coefficient (Wildman–Crippen LogP) is 5.51. The summed E-state index contributed by atoms with van der Waals surface area (Å²) in [5, 5.41) is 0. The van der Waals surface area contributed by atoms with Crippen molar-refractivity contribution in [2.24, 2.45) is 0 Å². The summed E-state index contributed by atoms with van der Waals surface area (Å²) in [4.78, 5) is 9.08. The second kappa shape index (κ2) is 5.53. The van der Waals surface area contributed by atoms with E-state index < -0.39 is 0 Å². The van der Waals surface area contributed by atoms with Crippen molar-refractivity contribution in [1.29, 1.82) is 0 Å². The number of pyridine rings is 1. The van der Waals surface area contributed by atoms with Crippen molar-refractivity contribution in [3.8, 4) is 22.4 Å². The molecule has 0 saturated heterocycles. The Morgan fingerprint density at radius 3 is 2.75 bits per heavy atom. The van der Waals surface area contributed by atoms with E-state index in [9.17, 15) is 0 Å². The fourth-order valence-electron chi connectivity index (χ4n) is 3.61. The van der Waals surface area contributed by atoms with Crippen molar-refractivity contribution in [3.05, 3.63) is 71.4 Å². The first kappa shape index (κ1) is 13.9. The molecule has 0 saturated carbocycles. The smallest absolute Gasteiger partial charge is 0.0812 e. The first-order chi connectivity index (χ1) is 11.9. The summed E-state index contributed by atoms with van der Waals surface area (Å²) in [6, 6.07) is 17.5. The molecule has 2 aromatic carbocycles. The lowest BCUT2D eigenvalue weighted by Gasteiger charge is -2.10. The minimum absolute atomic E-state index is 1.06. The largest absolute Gasteiger partial charge is 0.256 e. The Bertz CT molecular complexity index is 1050. The molecule has 0 radical (unpaired) electrons. The third-order valence-corrected chi connectivity index (χ3v) is 5.61. The van der Waals surface area contributed by atoms with Crippen LogP contribution in [0.25, 0.3) is 32.6 Å². The molecule has 2 nitrogen and oxygen atoms in total. The lowest BCUT2D eigenvalue weighted by atomic mass is 9.97. The number of aryl methyl sites for hydroxylation is 2. The number of benzene rings is 2. The van der Waals surface area contributed by atoms with Crippen LogP contribution >= 0.6 is 11.3 Å². The zero-order valence-corrected chi connectivity index (χ0v) is 14.0. The van der Waals surface area contributed by atoms with Crippen molar-refractivity contribution >= 4 is 21.6 Å². The minimum atomic E-state index is 1.06. The van der Waals surface area contributed by atoms with E-state index in [0.717, 1.165) is 11.2 Å². The number of thiazole rings is 1. The molecule has 1 aliphatic carbocycles. The van der Waals surface area contributed by atoms with Crippen LogP contribution in [-0.2, 0) is 12.8 Å². The lowest BCUT2D eigenvalue weighted by Crippen LogP contribution is -1.91. The second-order valence-electron chi connectivity index (χ2n) is 6.27. The Morgan fingerprint density at radius 2 is 1.75 bits per heavy atom. The molecule has 0 fully saturated rings. The molecule has 0 aliphatic heterocycles. The van der Waals surface area contributed by atoms with Gasteiger partial charge in [0.2, 0.25) is 0 Å². The average Bonchev–Trinajstić information content (AvgIpc) is 3.29. The van der Waals surface area contributed by atoms with Gasteiger partial charge < -0.3 is 0 Å². The quantitative estimate of drug-likeness (QED) is 0.484. The Hall–Kier alpha value is -2.52. The molecule has 0 bridgehead atoms. The van der Waals surface area contributed by atoms with Gasteiger partial charge >= 0.3 is 0 Å². The van der Waals surface area contributed by atoms with Crippen LogP contribution in [-0.4, -0.2) is 9.97 Å². The number of hydrogen-bond acceptors (Lipinski definition) is 3. The molecular formula is C21H16N2S. The summed E-state index contributed by atoms with van der Waals surface area (Å²) in [7, 11) is 0. The van der Waals surface area contributed by atoms with Crippen molar-refractivity contribution in [2.75, 3.05) is 0 Å². The fraction of sp³-hybridized carbons (Fsp3) is 0.143. The van der Waals surface area contributed by atoms with E-state index in [0.29, 0.717) is 0 Å². The maximum Gasteiger partial charge on any atom is 0.0812 e. The normalized spacial score (nSPS) is 13.3. The highest BCUT2D eigenvalue weighted by atomic mass is 32.1. The van der Waals surface area contributed by atoms with Crippen LogP contribution in [0.1, 0.15) is 17.5 Å². The second-order valence-corrected chi connectivity index (χ2v) is 7.16. The van der Waals surface area contributed by atoms with E-state index in [-0.39, 0.29) is 0 Å². The SMILES string of the molecule is c1cnc(-c2ccc3c(c2)CCC3)c(-c2ccc3ncsc3c2)c1. The van der Waals surface area contributed by atoms with Crippen molar-refractivity contribution < 1.29 is 0 Å². The van der Waals surface area contributed by atoms with Crippen molar-refractivity contribution in [2.45, 2.75) is 19.3 Å². The molecule has 24 heavy (non-hydrogen) atoms. The molecule has 5 rings (SSSR count). The number of fused-ring (bicyclic) bond motifs is 2. The highest BCUT2D eigenvalue weighted by molar-refractivity contribution is 7.16. The maximum absolute atomic E-state index is 4.71. The van der Waals surface area contributed by atoms with Gasteiger partial charge in [0.15, 0.2) is 0 Å². The Kier molecular flexibility index (Phi) is 3.20. The van der Waals surface area contributed by atoms with Crippen LogP contribution in [0.15, 0.2) is 60.2 Å². The first-order valence-corrected chi connectivity index (χ1v) is 9.17. The minimum Gasteiger partial charge on any atom is -0.256 e. The van der Waals surface area contributed by atoms with Gasteiger partial charge in [0.25, 0.3) is 0 Å². The molecule has 0 N–H and O–H groups in total. The number of aromatic nitrogens is 2.